The Labute approximate surface area is 206 Å². The van der Waals surface area contributed by atoms with E-state index in [0.717, 1.165) is 31.3 Å². The van der Waals surface area contributed by atoms with Crippen LogP contribution in [-0.4, -0.2) is 57.3 Å². The SMILES string of the molecule is CC1=C(C)C([C@H]2O[C@@]3(O)C[C@H]4[C@@H](C[C@H]5O[C@]56CCCC(=O)[C@]46C)[C@@H]4CC[C@@](O)([C@@H]2C)[C@]43C)OC1=O. The average Bonchev–Trinajstić information content (AvgIpc) is 3.36. The van der Waals surface area contributed by atoms with Gasteiger partial charge in [-0.1, -0.05) is 13.8 Å². The van der Waals surface area contributed by atoms with Crippen molar-refractivity contribution in [2.24, 2.45) is 34.5 Å². The first-order chi connectivity index (χ1) is 16.4. The summed E-state index contributed by atoms with van der Waals surface area (Å²) >= 11 is 0. The van der Waals surface area contributed by atoms with E-state index in [2.05, 4.69) is 6.92 Å². The molecule has 7 nitrogen and oxygen atoms in total. The van der Waals surface area contributed by atoms with Gasteiger partial charge in [0.1, 0.15) is 17.5 Å². The molecule has 3 aliphatic heterocycles. The summed E-state index contributed by atoms with van der Waals surface area (Å²) in [5.74, 6) is -1.93. The standard InChI is InChI=1S/C28H38O7/c1-13-14(2)23(30)33-21(13)22-15(3)26(31)10-8-17-16-11-20-27(34-20)9-6-7-19(29)24(27,4)18(16)12-28(32,35-22)25(17,26)5/h15-18,20-22,31-32H,6-12H2,1-5H3/t15-,16+,17+,18+,20-,21?,22+,24+,25+,26-,27-,28+/m1/s1. The number of rotatable bonds is 1. The van der Waals surface area contributed by atoms with Crippen molar-refractivity contribution < 1.29 is 34.0 Å². The van der Waals surface area contributed by atoms with Gasteiger partial charge in [0.15, 0.2) is 11.9 Å². The van der Waals surface area contributed by atoms with E-state index in [4.69, 9.17) is 14.2 Å². The number of aliphatic hydroxyl groups is 2. The lowest BCUT2D eigenvalue weighted by molar-refractivity contribution is -0.414. The highest BCUT2D eigenvalue weighted by atomic mass is 16.7. The summed E-state index contributed by atoms with van der Waals surface area (Å²) in [6, 6.07) is 0. The van der Waals surface area contributed by atoms with Crippen molar-refractivity contribution in [3.8, 4) is 0 Å². The Kier molecular flexibility index (Phi) is 4.18. The fraction of sp³-hybridized carbons (Fsp3) is 0.857. The topological polar surface area (TPSA) is 106 Å². The summed E-state index contributed by atoms with van der Waals surface area (Å²) in [6.07, 6.45) is 3.64. The smallest absolute Gasteiger partial charge is 0.334 e. The predicted octanol–water partition coefficient (Wildman–Crippen LogP) is 3.06. The molecule has 3 heterocycles. The van der Waals surface area contributed by atoms with Gasteiger partial charge in [-0.15, -0.1) is 0 Å². The van der Waals surface area contributed by atoms with E-state index in [9.17, 15) is 19.8 Å². The van der Waals surface area contributed by atoms with Crippen LogP contribution in [0.5, 0.6) is 0 Å². The molecular weight excluding hydrogens is 448 g/mol. The van der Waals surface area contributed by atoms with E-state index in [1.54, 1.807) is 6.92 Å². The van der Waals surface area contributed by atoms with E-state index in [-0.39, 0.29) is 41.5 Å². The van der Waals surface area contributed by atoms with Gasteiger partial charge in [-0.05, 0) is 76.2 Å². The third kappa shape index (κ3) is 2.23. The Balaban J connectivity index is 1.34. The monoisotopic (exact) mass is 486 g/mol. The molecule has 1 unspecified atom stereocenters. The van der Waals surface area contributed by atoms with Gasteiger partial charge in [0.25, 0.3) is 0 Å². The van der Waals surface area contributed by atoms with Crippen molar-refractivity contribution in [3.05, 3.63) is 11.1 Å². The van der Waals surface area contributed by atoms with Gasteiger partial charge >= 0.3 is 5.97 Å². The molecule has 0 aromatic heterocycles. The molecule has 35 heavy (non-hydrogen) atoms. The van der Waals surface area contributed by atoms with Crippen molar-refractivity contribution in [3.63, 3.8) is 0 Å². The van der Waals surface area contributed by atoms with E-state index in [0.29, 0.717) is 24.8 Å². The maximum absolute atomic E-state index is 13.6. The minimum absolute atomic E-state index is 0.0258. The average molecular weight is 487 g/mol. The number of fused-ring (bicyclic) bond motifs is 3. The summed E-state index contributed by atoms with van der Waals surface area (Å²) in [4.78, 5) is 25.9. The minimum Gasteiger partial charge on any atom is -0.452 e. The number of epoxide rings is 1. The van der Waals surface area contributed by atoms with Gasteiger partial charge in [-0.25, -0.2) is 4.79 Å². The first kappa shape index (κ1) is 22.9. The number of esters is 1. The molecule has 2 saturated heterocycles. The minimum atomic E-state index is -1.63. The highest BCUT2D eigenvalue weighted by molar-refractivity contribution is 5.91. The Bertz CT molecular complexity index is 1080. The largest absolute Gasteiger partial charge is 0.452 e. The molecule has 0 bridgehead atoms. The van der Waals surface area contributed by atoms with Crippen LogP contribution in [0.2, 0.25) is 0 Å². The summed E-state index contributed by atoms with van der Waals surface area (Å²) in [5, 5.41) is 24.9. The number of carbonyl (C=O) groups excluding carboxylic acids is 2. The molecule has 7 heteroatoms. The second-order valence-electron chi connectivity index (χ2n) is 13.2. The fourth-order valence-corrected chi connectivity index (χ4v) is 10.4. The van der Waals surface area contributed by atoms with Crippen LogP contribution >= 0.6 is 0 Å². The Morgan fingerprint density at radius 2 is 1.77 bits per heavy atom. The molecule has 192 valence electrons. The maximum atomic E-state index is 13.6. The second-order valence-corrected chi connectivity index (χ2v) is 13.2. The zero-order valence-corrected chi connectivity index (χ0v) is 21.4. The number of ketones is 1. The molecule has 0 amide bonds. The Morgan fingerprint density at radius 3 is 2.46 bits per heavy atom. The first-order valence-electron chi connectivity index (χ1n) is 13.6. The van der Waals surface area contributed by atoms with Gasteiger partial charge in [0.05, 0.1) is 22.5 Å². The van der Waals surface area contributed by atoms with Gasteiger partial charge in [-0.2, -0.15) is 0 Å². The molecule has 0 radical (unpaired) electrons. The van der Waals surface area contributed by atoms with Gasteiger partial charge in [-0.3, -0.25) is 4.79 Å². The van der Waals surface area contributed by atoms with Crippen LogP contribution in [0.15, 0.2) is 11.1 Å². The normalized spacial score (nSPS) is 60.5. The van der Waals surface area contributed by atoms with E-state index in [1.165, 1.54) is 0 Å². The number of Topliss-reactive ketones (excluding diaryl/α,β-unsaturated/α-hetero) is 1. The Hall–Kier alpha value is -1.28. The first-order valence-corrected chi connectivity index (χ1v) is 13.6. The van der Waals surface area contributed by atoms with E-state index < -0.39 is 40.0 Å². The van der Waals surface area contributed by atoms with E-state index >= 15 is 0 Å². The number of hydrogen-bond acceptors (Lipinski definition) is 7. The molecule has 7 aliphatic rings. The summed E-state index contributed by atoms with van der Waals surface area (Å²) in [5.41, 5.74) is -1.73. The summed E-state index contributed by atoms with van der Waals surface area (Å²) in [7, 11) is 0. The van der Waals surface area contributed by atoms with Crippen molar-refractivity contribution >= 4 is 11.8 Å². The van der Waals surface area contributed by atoms with Crippen molar-refractivity contribution in [2.45, 2.75) is 115 Å². The molecule has 7 rings (SSSR count). The van der Waals surface area contributed by atoms with Crippen molar-refractivity contribution in [1.29, 1.82) is 0 Å². The van der Waals surface area contributed by atoms with Gasteiger partial charge < -0.3 is 24.4 Å². The van der Waals surface area contributed by atoms with E-state index in [1.807, 2.05) is 20.8 Å². The second kappa shape index (κ2) is 6.40. The van der Waals surface area contributed by atoms with Crippen molar-refractivity contribution in [1.82, 2.24) is 0 Å². The van der Waals surface area contributed by atoms with Crippen LogP contribution in [0.1, 0.15) is 79.6 Å². The molecule has 4 saturated carbocycles. The third-order valence-electron chi connectivity index (χ3n) is 12.7. The summed E-state index contributed by atoms with van der Waals surface area (Å²) < 4.78 is 18.8. The maximum Gasteiger partial charge on any atom is 0.334 e. The highest BCUT2D eigenvalue weighted by Gasteiger charge is 2.83. The zero-order valence-electron chi connectivity index (χ0n) is 21.4. The van der Waals surface area contributed by atoms with Crippen LogP contribution in [0.25, 0.3) is 0 Å². The third-order valence-corrected chi connectivity index (χ3v) is 12.7. The quantitative estimate of drug-likeness (QED) is 0.433. The summed E-state index contributed by atoms with van der Waals surface area (Å²) in [6.45, 7) is 9.67. The molecule has 4 aliphatic carbocycles. The molecule has 1 spiro atoms. The van der Waals surface area contributed by atoms with Crippen molar-refractivity contribution in [2.75, 3.05) is 0 Å². The molecule has 6 fully saturated rings. The van der Waals surface area contributed by atoms with Crippen LogP contribution < -0.4 is 0 Å². The molecular formula is C28H38O7. The zero-order chi connectivity index (χ0) is 24.9. The number of ether oxygens (including phenoxy) is 3. The lowest BCUT2D eigenvalue weighted by Crippen LogP contribution is -2.76. The Morgan fingerprint density at radius 1 is 1.03 bits per heavy atom. The fourth-order valence-electron chi connectivity index (χ4n) is 10.4. The molecule has 12 atom stereocenters. The number of cyclic esters (lactones) is 1. The highest BCUT2D eigenvalue weighted by Crippen LogP contribution is 2.77. The predicted molar refractivity (Wildman–Crippen MR) is 124 cm³/mol. The van der Waals surface area contributed by atoms with Gasteiger partial charge in [0, 0.05) is 24.3 Å². The molecule has 0 aromatic rings. The van der Waals surface area contributed by atoms with Crippen LogP contribution in [0.4, 0.5) is 0 Å². The number of hydrogen-bond donors (Lipinski definition) is 2. The lowest BCUT2D eigenvalue weighted by atomic mass is 9.41. The van der Waals surface area contributed by atoms with Crippen LogP contribution in [-0.2, 0) is 23.8 Å². The lowest BCUT2D eigenvalue weighted by Gasteiger charge is -2.68. The molecule has 2 N–H and O–H groups in total. The number of carbonyl (C=O) groups is 2. The van der Waals surface area contributed by atoms with Crippen LogP contribution in [0.3, 0.4) is 0 Å². The van der Waals surface area contributed by atoms with Gasteiger partial charge in [0.2, 0.25) is 0 Å². The van der Waals surface area contributed by atoms with Crippen LogP contribution in [0, 0.1) is 34.5 Å². The molecule has 0 aromatic carbocycles.